The molecule has 3 atom stereocenters. The lowest BCUT2D eigenvalue weighted by atomic mass is 9.84. The Morgan fingerprint density at radius 1 is 1.42 bits per heavy atom. The Balaban J connectivity index is 2.78. The maximum atomic E-state index is 12.2. The van der Waals surface area contributed by atoms with Crippen LogP contribution in [-0.2, 0) is 9.53 Å². The summed E-state index contributed by atoms with van der Waals surface area (Å²) in [5.74, 6) is -0.259. The molecular weight excluding hydrogens is 240 g/mol. The van der Waals surface area contributed by atoms with Gasteiger partial charge in [-0.1, -0.05) is 19.1 Å². The summed E-state index contributed by atoms with van der Waals surface area (Å²) in [4.78, 5) is 12.2. The maximum absolute atomic E-state index is 12.2. The molecule has 0 radical (unpaired) electrons. The Morgan fingerprint density at radius 3 is 2.42 bits per heavy atom. The zero-order valence-electron chi connectivity index (χ0n) is 12.7. The number of carbonyl (C=O) groups excluding carboxylic acids is 1. The second-order valence-electron chi connectivity index (χ2n) is 6.54. The van der Waals surface area contributed by atoms with Gasteiger partial charge in [0.1, 0.15) is 0 Å². The summed E-state index contributed by atoms with van der Waals surface area (Å²) in [5.41, 5.74) is -1.78. The van der Waals surface area contributed by atoms with Crippen molar-refractivity contribution < 1.29 is 14.6 Å². The fourth-order valence-electron chi connectivity index (χ4n) is 2.31. The first-order valence-corrected chi connectivity index (χ1v) is 6.81. The van der Waals surface area contributed by atoms with Crippen LogP contribution in [0.1, 0.15) is 47.5 Å². The first-order chi connectivity index (χ1) is 8.51. The molecule has 1 aliphatic heterocycles. The van der Waals surface area contributed by atoms with Crippen LogP contribution in [0, 0.1) is 5.92 Å². The van der Waals surface area contributed by atoms with Gasteiger partial charge in [-0.05, 0) is 46.6 Å². The van der Waals surface area contributed by atoms with Crippen molar-refractivity contribution in [1.82, 2.24) is 0 Å². The van der Waals surface area contributed by atoms with Gasteiger partial charge in [-0.25, -0.2) is 0 Å². The molecule has 1 heterocycles. The minimum absolute atomic E-state index is 0.0158. The lowest BCUT2D eigenvalue weighted by Crippen LogP contribution is -2.39. The molecule has 1 aliphatic rings. The minimum atomic E-state index is -0.970. The zero-order valence-corrected chi connectivity index (χ0v) is 12.7. The molecule has 3 heteroatoms. The van der Waals surface area contributed by atoms with E-state index in [4.69, 9.17) is 4.74 Å². The number of carbonyl (C=O) groups is 1. The molecule has 0 spiro atoms. The van der Waals surface area contributed by atoms with Gasteiger partial charge in [-0.2, -0.15) is 0 Å². The van der Waals surface area contributed by atoms with E-state index in [1.807, 2.05) is 26.8 Å². The molecule has 108 valence electrons. The van der Waals surface area contributed by atoms with E-state index in [2.05, 4.69) is 6.58 Å². The van der Waals surface area contributed by atoms with E-state index >= 15 is 0 Å². The number of hydrogen-bond acceptors (Lipinski definition) is 3. The molecule has 1 saturated heterocycles. The molecule has 0 saturated carbocycles. The number of hydrogen-bond donors (Lipinski definition) is 1. The molecule has 1 rings (SSSR count). The molecule has 0 unspecified atom stereocenters. The lowest BCUT2D eigenvalue weighted by molar-refractivity contribution is -0.133. The predicted octanol–water partition coefficient (Wildman–Crippen LogP) is 3.03. The summed E-state index contributed by atoms with van der Waals surface area (Å²) in [5, 5.41) is 9.62. The average molecular weight is 266 g/mol. The van der Waals surface area contributed by atoms with Gasteiger partial charge in [0, 0.05) is 5.92 Å². The monoisotopic (exact) mass is 266 g/mol. The molecule has 0 bridgehead atoms. The van der Waals surface area contributed by atoms with Crippen LogP contribution < -0.4 is 0 Å². The van der Waals surface area contributed by atoms with Crippen LogP contribution in [0.4, 0.5) is 0 Å². The van der Waals surface area contributed by atoms with E-state index in [0.717, 1.165) is 12.8 Å². The Kier molecular flexibility index (Phi) is 4.43. The summed E-state index contributed by atoms with van der Waals surface area (Å²) in [6.07, 6.45) is 6.50. The third kappa shape index (κ3) is 4.02. The van der Waals surface area contributed by atoms with Crippen molar-refractivity contribution in [2.24, 2.45) is 5.92 Å². The Labute approximate surface area is 116 Å². The van der Waals surface area contributed by atoms with Crippen molar-refractivity contribution in [3.63, 3.8) is 0 Å². The summed E-state index contributed by atoms with van der Waals surface area (Å²) in [6.45, 7) is 12.9. The standard InChI is InChI=1S/C16H26O3/c1-7-15(5)10-11-16(6,19-15)12(2)13(17)8-9-14(3,4)18/h7-9,12,18H,1,10-11H2,2-6H3/b9-8+/t12-,15+,16+/m1/s1. The van der Waals surface area contributed by atoms with E-state index in [1.165, 1.54) is 12.2 Å². The number of rotatable bonds is 5. The molecule has 0 amide bonds. The molecule has 0 aromatic carbocycles. The molecule has 3 nitrogen and oxygen atoms in total. The van der Waals surface area contributed by atoms with Crippen LogP contribution in [0.25, 0.3) is 0 Å². The van der Waals surface area contributed by atoms with Crippen LogP contribution in [0.5, 0.6) is 0 Å². The molecular formula is C16H26O3. The molecule has 19 heavy (non-hydrogen) atoms. The SMILES string of the molecule is C=C[C@@]1(C)CC[C@@](C)([C@H](C)C(=O)/C=C/C(C)(C)O)O1. The third-order valence-corrected chi connectivity index (χ3v) is 4.01. The summed E-state index contributed by atoms with van der Waals surface area (Å²) in [7, 11) is 0. The Hall–Kier alpha value is -0.930. The fourth-order valence-corrected chi connectivity index (χ4v) is 2.31. The largest absolute Gasteiger partial charge is 0.386 e. The van der Waals surface area contributed by atoms with Gasteiger partial charge in [0.15, 0.2) is 5.78 Å². The minimum Gasteiger partial charge on any atom is -0.386 e. The number of allylic oxidation sites excluding steroid dienone is 1. The smallest absolute Gasteiger partial charge is 0.161 e. The van der Waals surface area contributed by atoms with Gasteiger partial charge < -0.3 is 9.84 Å². The van der Waals surface area contributed by atoms with Gasteiger partial charge in [0.05, 0.1) is 16.8 Å². The van der Waals surface area contributed by atoms with E-state index < -0.39 is 11.2 Å². The molecule has 1 N–H and O–H groups in total. The highest BCUT2D eigenvalue weighted by Gasteiger charge is 2.46. The Morgan fingerprint density at radius 2 is 2.00 bits per heavy atom. The van der Waals surface area contributed by atoms with Crippen molar-refractivity contribution in [3.05, 3.63) is 24.8 Å². The second-order valence-corrected chi connectivity index (χ2v) is 6.54. The highest BCUT2D eigenvalue weighted by atomic mass is 16.5. The molecule has 0 aliphatic carbocycles. The van der Waals surface area contributed by atoms with E-state index in [-0.39, 0.29) is 17.3 Å². The topological polar surface area (TPSA) is 46.5 Å². The summed E-state index contributed by atoms with van der Waals surface area (Å²) < 4.78 is 6.07. The third-order valence-electron chi connectivity index (χ3n) is 4.01. The van der Waals surface area contributed by atoms with Crippen LogP contribution in [-0.4, -0.2) is 27.7 Å². The van der Waals surface area contributed by atoms with Crippen LogP contribution in [0.2, 0.25) is 0 Å². The van der Waals surface area contributed by atoms with Crippen molar-refractivity contribution >= 4 is 5.78 Å². The van der Waals surface area contributed by atoms with Gasteiger partial charge >= 0.3 is 0 Å². The van der Waals surface area contributed by atoms with Crippen LogP contribution in [0.3, 0.4) is 0 Å². The van der Waals surface area contributed by atoms with Gasteiger partial charge in [-0.3, -0.25) is 4.79 Å². The van der Waals surface area contributed by atoms with Crippen molar-refractivity contribution in [1.29, 1.82) is 0 Å². The van der Waals surface area contributed by atoms with Gasteiger partial charge in [-0.15, -0.1) is 6.58 Å². The second kappa shape index (κ2) is 5.22. The van der Waals surface area contributed by atoms with Crippen molar-refractivity contribution in [3.8, 4) is 0 Å². The van der Waals surface area contributed by atoms with E-state index in [0.29, 0.717) is 0 Å². The fraction of sp³-hybridized carbons (Fsp3) is 0.688. The molecule has 0 aromatic heterocycles. The first-order valence-electron chi connectivity index (χ1n) is 6.81. The van der Waals surface area contributed by atoms with Crippen molar-refractivity contribution in [2.45, 2.75) is 64.3 Å². The van der Waals surface area contributed by atoms with Crippen LogP contribution >= 0.6 is 0 Å². The quantitative estimate of drug-likeness (QED) is 0.614. The summed E-state index contributed by atoms with van der Waals surface area (Å²) >= 11 is 0. The van der Waals surface area contributed by atoms with Crippen LogP contribution in [0.15, 0.2) is 24.8 Å². The first kappa shape index (κ1) is 16.1. The normalized spacial score (nSPS) is 33.6. The molecule has 0 aromatic rings. The summed E-state index contributed by atoms with van der Waals surface area (Å²) in [6, 6.07) is 0. The number of aliphatic hydroxyl groups is 1. The zero-order chi connectivity index (χ0) is 14.9. The lowest BCUT2D eigenvalue weighted by Gasteiger charge is -2.32. The highest BCUT2D eigenvalue weighted by molar-refractivity contribution is 5.92. The van der Waals surface area contributed by atoms with Gasteiger partial charge in [0.25, 0.3) is 0 Å². The number of ketones is 1. The van der Waals surface area contributed by atoms with E-state index in [9.17, 15) is 9.90 Å². The Bertz CT molecular complexity index is 391. The van der Waals surface area contributed by atoms with E-state index in [1.54, 1.807) is 13.8 Å². The number of ether oxygens (including phenoxy) is 1. The average Bonchev–Trinajstić information content (AvgIpc) is 2.63. The van der Waals surface area contributed by atoms with Gasteiger partial charge in [0.2, 0.25) is 0 Å². The molecule has 1 fully saturated rings. The highest BCUT2D eigenvalue weighted by Crippen LogP contribution is 2.42. The maximum Gasteiger partial charge on any atom is 0.161 e. The van der Waals surface area contributed by atoms with Crippen molar-refractivity contribution in [2.75, 3.05) is 0 Å². The predicted molar refractivity (Wildman–Crippen MR) is 76.9 cm³/mol.